The highest BCUT2D eigenvalue weighted by molar-refractivity contribution is 7.84. The van der Waals surface area contributed by atoms with Crippen LogP contribution in [-0.2, 0) is 10.8 Å². The van der Waals surface area contributed by atoms with Gasteiger partial charge in [-0.25, -0.2) is 4.98 Å². The number of pyridine rings is 1. The van der Waals surface area contributed by atoms with Gasteiger partial charge >= 0.3 is 0 Å². The molecule has 1 rings (SSSR count). The molecule has 1 aromatic heterocycles. The molecular weight excluding hydrogens is 222 g/mol. The summed E-state index contributed by atoms with van der Waals surface area (Å²) in [6.07, 6.45) is 4.34. The molecule has 0 spiro atoms. The van der Waals surface area contributed by atoms with Gasteiger partial charge in [0, 0.05) is 35.0 Å². The van der Waals surface area contributed by atoms with E-state index in [0.717, 1.165) is 12.0 Å². The van der Waals surface area contributed by atoms with Gasteiger partial charge in [-0.2, -0.15) is 0 Å². The molecule has 5 heteroatoms. The SMILES string of the molecule is Cc1cnc(NC(C)CCS(C)=O)c(N)c1. The number of aromatic nitrogens is 1. The molecule has 0 saturated carbocycles. The number of rotatable bonds is 5. The predicted octanol–water partition coefficient (Wildman–Crippen LogP) is 1.54. The van der Waals surface area contributed by atoms with Crippen LogP contribution in [0, 0.1) is 6.92 Å². The summed E-state index contributed by atoms with van der Waals surface area (Å²) in [5.74, 6) is 1.40. The normalized spacial score (nSPS) is 14.4. The van der Waals surface area contributed by atoms with Crippen LogP contribution in [0.4, 0.5) is 11.5 Å². The quantitative estimate of drug-likeness (QED) is 0.820. The first-order valence-electron chi connectivity index (χ1n) is 5.27. The third kappa shape index (κ3) is 4.18. The zero-order chi connectivity index (χ0) is 12.1. The molecule has 0 aliphatic heterocycles. The van der Waals surface area contributed by atoms with Crippen molar-refractivity contribution in [3.8, 4) is 0 Å². The molecule has 0 fully saturated rings. The van der Waals surface area contributed by atoms with Crippen molar-refractivity contribution in [1.29, 1.82) is 0 Å². The van der Waals surface area contributed by atoms with E-state index in [2.05, 4.69) is 10.3 Å². The molecule has 0 aliphatic rings. The number of nitrogens with one attached hydrogen (secondary N) is 1. The Labute approximate surface area is 99.1 Å². The number of nitrogens with zero attached hydrogens (tertiary/aromatic N) is 1. The zero-order valence-corrected chi connectivity index (χ0v) is 10.8. The largest absolute Gasteiger partial charge is 0.396 e. The molecule has 0 aromatic carbocycles. The lowest BCUT2D eigenvalue weighted by molar-refractivity contribution is 0.678. The third-order valence-electron chi connectivity index (χ3n) is 2.28. The van der Waals surface area contributed by atoms with Crippen LogP contribution in [-0.4, -0.2) is 27.2 Å². The summed E-state index contributed by atoms with van der Waals surface area (Å²) in [5.41, 5.74) is 7.54. The highest BCUT2D eigenvalue weighted by Gasteiger charge is 2.06. The Morgan fingerprint density at radius 1 is 1.62 bits per heavy atom. The van der Waals surface area contributed by atoms with E-state index in [1.165, 1.54) is 0 Å². The lowest BCUT2D eigenvalue weighted by Gasteiger charge is -2.15. The van der Waals surface area contributed by atoms with Crippen molar-refractivity contribution >= 4 is 22.3 Å². The van der Waals surface area contributed by atoms with Crippen molar-refractivity contribution in [3.63, 3.8) is 0 Å². The van der Waals surface area contributed by atoms with Crippen LogP contribution < -0.4 is 11.1 Å². The first kappa shape index (κ1) is 13.0. The van der Waals surface area contributed by atoms with E-state index in [9.17, 15) is 4.21 Å². The number of anilines is 2. The average molecular weight is 241 g/mol. The molecular formula is C11H19N3OS. The molecule has 0 amide bonds. The zero-order valence-electron chi connectivity index (χ0n) is 9.99. The summed E-state index contributed by atoms with van der Waals surface area (Å²) in [7, 11) is -0.745. The van der Waals surface area contributed by atoms with Gasteiger partial charge in [-0.05, 0) is 31.9 Å². The predicted molar refractivity (Wildman–Crippen MR) is 70.0 cm³/mol. The molecule has 1 aromatic rings. The lowest BCUT2D eigenvalue weighted by atomic mass is 10.2. The van der Waals surface area contributed by atoms with Crippen molar-refractivity contribution in [2.75, 3.05) is 23.1 Å². The summed E-state index contributed by atoms with van der Waals surface area (Å²) < 4.78 is 11.0. The summed E-state index contributed by atoms with van der Waals surface area (Å²) in [5, 5.41) is 3.22. The summed E-state index contributed by atoms with van der Waals surface area (Å²) in [6.45, 7) is 3.99. The fourth-order valence-electron chi connectivity index (χ4n) is 1.36. The minimum absolute atomic E-state index is 0.224. The maximum Gasteiger partial charge on any atom is 0.149 e. The molecule has 2 unspecified atom stereocenters. The van der Waals surface area contributed by atoms with Gasteiger partial charge in [0.25, 0.3) is 0 Å². The Morgan fingerprint density at radius 2 is 2.31 bits per heavy atom. The molecule has 16 heavy (non-hydrogen) atoms. The molecule has 4 nitrogen and oxygen atoms in total. The Bertz CT molecular complexity index is 381. The second-order valence-electron chi connectivity index (χ2n) is 4.06. The highest BCUT2D eigenvalue weighted by atomic mass is 32.2. The molecule has 0 radical (unpaired) electrons. The first-order chi connectivity index (χ1) is 7.49. The van der Waals surface area contributed by atoms with Crippen molar-refractivity contribution in [2.45, 2.75) is 26.3 Å². The van der Waals surface area contributed by atoms with Gasteiger partial charge in [0.15, 0.2) is 0 Å². The van der Waals surface area contributed by atoms with Crippen LogP contribution in [0.2, 0.25) is 0 Å². The molecule has 1 heterocycles. The van der Waals surface area contributed by atoms with E-state index in [0.29, 0.717) is 17.3 Å². The second kappa shape index (κ2) is 5.84. The Morgan fingerprint density at radius 3 is 2.88 bits per heavy atom. The Kier molecular flexibility index (Phi) is 4.73. The summed E-state index contributed by atoms with van der Waals surface area (Å²) >= 11 is 0. The van der Waals surface area contributed by atoms with E-state index in [1.54, 1.807) is 12.5 Å². The molecule has 2 atom stereocenters. The third-order valence-corrected chi connectivity index (χ3v) is 3.09. The van der Waals surface area contributed by atoms with Crippen LogP contribution in [0.5, 0.6) is 0 Å². The van der Waals surface area contributed by atoms with Gasteiger partial charge in [0.1, 0.15) is 5.82 Å². The van der Waals surface area contributed by atoms with Crippen LogP contribution in [0.3, 0.4) is 0 Å². The molecule has 90 valence electrons. The van der Waals surface area contributed by atoms with Crippen LogP contribution in [0.15, 0.2) is 12.3 Å². The smallest absolute Gasteiger partial charge is 0.149 e. The lowest BCUT2D eigenvalue weighted by Crippen LogP contribution is -2.19. The van der Waals surface area contributed by atoms with Gasteiger partial charge < -0.3 is 11.1 Å². The van der Waals surface area contributed by atoms with Gasteiger partial charge in [0.05, 0.1) is 5.69 Å². The van der Waals surface area contributed by atoms with Crippen LogP contribution in [0.25, 0.3) is 0 Å². The molecule has 0 bridgehead atoms. The highest BCUT2D eigenvalue weighted by Crippen LogP contribution is 2.17. The fourth-order valence-corrected chi connectivity index (χ4v) is 2.05. The Hall–Kier alpha value is -1.10. The summed E-state index contributed by atoms with van der Waals surface area (Å²) in [6, 6.07) is 2.11. The van der Waals surface area contributed by atoms with Gasteiger partial charge in [-0.3, -0.25) is 4.21 Å². The molecule has 0 aliphatic carbocycles. The van der Waals surface area contributed by atoms with Gasteiger partial charge in [-0.1, -0.05) is 0 Å². The minimum atomic E-state index is -0.745. The van der Waals surface area contributed by atoms with Crippen molar-refractivity contribution in [1.82, 2.24) is 4.98 Å². The maximum atomic E-state index is 11.0. The number of aryl methyl sites for hydroxylation is 1. The number of nitrogens with two attached hydrogens (primary N) is 1. The van der Waals surface area contributed by atoms with E-state index < -0.39 is 10.8 Å². The number of hydrogen-bond donors (Lipinski definition) is 2. The number of hydrogen-bond acceptors (Lipinski definition) is 4. The van der Waals surface area contributed by atoms with E-state index in [1.807, 2.05) is 19.9 Å². The fraction of sp³-hybridized carbons (Fsp3) is 0.545. The first-order valence-corrected chi connectivity index (χ1v) is 7.00. The average Bonchev–Trinajstić information content (AvgIpc) is 2.19. The molecule has 3 N–H and O–H groups in total. The Balaban J connectivity index is 2.55. The minimum Gasteiger partial charge on any atom is -0.396 e. The van der Waals surface area contributed by atoms with Gasteiger partial charge in [-0.15, -0.1) is 0 Å². The van der Waals surface area contributed by atoms with Crippen LogP contribution in [0.1, 0.15) is 18.9 Å². The maximum absolute atomic E-state index is 11.0. The van der Waals surface area contributed by atoms with E-state index >= 15 is 0 Å². The van der Waals surface area contributed by atoms with Gasteiger partial charge in [0.2, 0.25) is 0 Å². The monoisotopic (exact) mass is 241 g/mol. The molecule has 0 saturated heterocycles. The van der Waals surface area contributed by atoms with E-state index in [4.69, 9.17) is 5.73 Å². The van der Waals surface area contributed by atoms with Crippen molar-refractivity contribution in [2.24, 2.45) is 0 Å². The van der Waals surface area contributed by atoms with Crippen LogP contribution >= 0.6 is 0 Å². The summed E-state index contributed by atoms with van der Waals surface area (Å²) in [4.78, 5) is 4.23. The second-order valence-corrected chi connectivity index (χ2v) is 5.62. The standard InChI is InChI=1S/C11H19N3OS/c1-8-6-10(12)11(13-7-8)14-9(2)4-5-16(3)15/h6-7,9H,4-5,12H2,1-3H3,(H,13,14). The van der Waals surface area contributed by atoms with E-state index in [-0.39, 0.29) is 6.04 Å². The number of nitrogen functional groups attached to an aromatic ring is 1. The van der Waals surface area contributed by atoms with Crippen molar-refractivity contribution < 1.29 is 4.21 Å². The topological polar surface area (TPSA) is 68.0 Å². The van der Waals surface area contributed by atoms with Crippen molar-refractivity contribution in [3.05, 3.63) is 17.8 Å².